The molecule has 0 radical (unpaired) electrons. The molecule has 0 bridgehead atoms. The van der Waals surface area contributed by atoms with E-state index in [0.29, 0.717) is 12.5 Å². The Labute approximate surface area is 137 Å². The van der Waals surface area contributed by atoms with Crippen molar-refractivity contribution in [2.24, 2.45) is 0 Å². The molecule has 2 aromatic rings. The van der Waals surface area contributed by atoms with Crippen LogP contribution >= 0.6 is 0 Å². The Morgan fingerprint density at radius 1 is 1.13 bits per heavy atom. The molecule has 3 heterocycles. The fourth-order valence-corrected chi connectivity index (χ4v) is 2.92. The van der Waals surface area contributed by atoms with Gasteiger partial charge in [0, 0.05) is 37.6 Å². The molecule has 3 N–H and O–H groups in total. The summed E-state index contributed by atoms with van der Waals surface area (Å²) in [6, 6.07) is 6.09. The summed E-state index contributed by atoms with van der Waals surface area (Å²) >= 11 is 0. The lowest BCUT2D eigenvalue weighted by molar-refractivity contribution is 0.726. The van der Waals surface area contributed by atoms with Crippen molar-refractivity contribution in [3.63, 3.8) is 0 Å². The molecule has 6 heteroatoms. The van der Waals surface area contributed by atoms with E-state index in [9.17, 15) is 0 Å². The normalized spacial score (nSPS) is 15.3. The lowest BCUT2D eigenvalue weighted by atomic mass is 10.2. The van der Waals surface area contributed by atoms with Crippen LogP contribution in [0.25, 0.3) is 0 Å². The molecule has 6 nitrogen and oxygen atoms in total. The monoisotopic (exact) mass is 312 g/mol. The standard InChI is InChI=1S/C17H24N6/c1-13-10-15(22-17(18)21-13)20-12-14-6-7-19-16(11-14)23-8-4-2-3-5-9-23/h6-7,10-11H,2-5,8-9,12H2,1H3,(H3,18,20,21,22). The Morgan fingerprint density at radius 3 is 2.65 bits per heavy atom. The second-order valence-corrected chi connectivity index (χ2v) is 6.03. The van der Waals surface area contributed by atoms with Gasteiger partial charge in [0.1, 0.15) is 11.6 Å². The molecule has 1 fully saturated rings. The Bertz CT molecular complexity index is 629. The van der Waals surface area contributed by atoms with E-state index in [1.807, 2.05) is 25.3 Å². The first-order valence-electron chi connectivity index (χ1n) is 8.25. The largest absolute Gasteiger partial charge is 0.368 e. The maximum absolute atomic E-state index is 5.69. The molecule has 0 amide bonds. The number of nitrogen functional groups attached to an aromatic ring is 1. The lowest BCUT2D eigenvalue weighted by Crippen LogP contribution is -2.25. The Morgan fingerprint density at radius 2 is 1.91 bits per heavy atom. The first-order valence-corrected chi connectivity index (χ1v) is 8.25. The molecular weight excluding hydrogens is 288 g/mol. The van der Waals surface area contributed by atoms with Gasteiger partial charge >= 0.3 is 0 Å². The number of anilines is 3. The van der Waals surface area contributed by atoms with Crippen LogP contribution in [0.2, 0.25) is 0 Å². The fourth-order valence-electron chi connectivity index (χ4n) is 2.92. The number of nitrogens with zero attached hydrogens (tertiary/aromatic N) is 4. The minimum atomic E-state index is 0.299. The van der Waals surface area contributed by atoms with E-state index in [0.717, 1.165) is 30.4 Å². The van der Waals surface area contributed by atoms with Crippen LogP contribution in [0.4, 0.5) is 17.6 Å². The van der Waals surface area contributed by atoms with Crippen LogP contribution in [0.3, 0.4) is 0 Å². The summed E-state index contributed by atoms with van der Waals surface area (Å²) < 4.78 is 0. The zero-order valence-electron chi connectivity index (χ0n) is 13.6. The van der Waals surface area contributed by atoms with Gasteiger partial charge in [-0.25, -0.2) is 9.97 Å². The highest BCUT2D eigenvalue weighted by Crippen LogP contribution is 2.19. The number of rotatable bonds is 4. The highest BCUT2D eigenvalue weighted by atomic mass is 15.2. The number of pyridine rings is 1. The lowest BCUT2D eigenvalue weighted by Gasteiger charge is -2.21. The molecule has 0 spiro atoms. The van der Waals surface area contributed by atoms with E-state index >= 15 is 0 Å². The summed E-state index contributed by atoms with van der Waals surface area (Å²) in [5, 5.41) is 3.31. The number of aryl methyl sites for hydroxylation is 1. The zero-order chi connectivity index (χ0) is 16.1. The van der Waals surface area contributed by atoms with E-state index in [4.69, 9.17) is 5.73 Å². The highest BCUT2D eigenvalue weighted by molar-refractivity contribution is 5.44. The Balaban J connectivity index is 1.67. The molecule has 0 aliphatic carbocycles. The van der Waals surface area contributed by atoms with Gasteiger partial charge in [0.2, 0.25) is 5.95 Å². The highest BCUT2D eigenvalue weighted by Gasteiger charge is 2.11. The van der Waals surface area contributed by atoms with Crippen LogP contribution in [0, 0.1) is 6.92 Å². The number of nitrogens with one attached hydrogen (secondary N) is 1. The van der Waals surface area contributed by atoms with Gasteiger partial charge in [0.05, 0.1) is 0 Å². The quantitative estimate of drug-likeness (QED) is 0.903. The van der Waals surface area contributed by atoms with Crippen LogP contribution in [0.15, 0.2) is 24.4 Å². The number of nitrogens with two attached hydrogens (primary N) is 1. The predicted octanol–water partition coefficient (Wildman–Crippen LogP) is 2.75. The maximum Gasteiger partial charge on any atom is 0.222 e. The van der Waals surface area contributed by atoms with Crippen molar-refractivity contribution >= 4 is 17.6 Å². The second-order valence-electron chi connectivity index (χ2n) is 6.03. The first kappa shape index (κ1) is 15.5. The summed E-state index contributed by atoms with van der Waals surface area (Å²) in [6.07, 6.45) is 7.04. The van der Waals surface area contributed by atoms with E-state index in [2.05, 4.69) is 31.2 Å². The maximum atomic E-state index is 5.69. The van der Waals surface area contributed by atoms with Gasteiger partial charge in [-0.1, -0.05) is 12.8 Å². The number of aromatic nitrogens is 3. The minimum Gasteiger partial charge on any atom is -0.368 e. The van der Waals surface area contributed by atoms with Gasteiger partial charge in [0.25, 0.3) is 0 Å². The average Bonchev–Trinajstić information content (AvgIpc) is 2.82. The van der Waals surface area contributed by atoms with Crippen LogP contribution in [-0.4, -0.2) is 28.0 Å². The third-order valence-corrected chi connectivity index (χ3v) is 4.09. The Kier molecular flexibility index (Phi) is 4.90. The Hall–Kier alpha value is -2.37. The van der Waals surface area contributed by atoms with E-state index in [1.165, 1.54) is 31.2 Å². The van der Waals surface area contributed by atoms with Crippen LogP contribution in [0.1, 0.15) is 36.9 Å². The second kappa shape index (κ2) is 7.26. The van der Waals surface area contributed by atoms with Crippen molar-refractivity contribution in [2.75, 3.05) is 29.0 Å². The summed E-state index contributed by atoms with van der Waals surface area (Å²) in [7, 11) is 0. The van der Waals surface area contributed by atoms with Crippen molar-refractivity contribution < 1.29 is 0 Å². The predicted molar refractivity (Wildman–Crippen MR) is 93.4 cm³/mol. The molecule has 1 saturated heterocycles. The van der Waals surface area contributed by atoms with E-state index in [-0.39, 0.29) is 0 Å². The van der Waals surface area contributed by atoms with Crippen LogP contribution < -0.4 is 16.0 Å². The zero-order valence-corrected chi connectivity index (χ0v) is 13.6. The van der Waals surface area contributed by atoms with Crippen molar-refractivity contribution in [1.29, 1.82) is 0 Å². The van der Waals surface area contributed by atoms with E-state index in [1.54, 1.807) is 0 Å². The van der Waals surface area contributed by atoms with Crippen molar-refractivity contribution in [3.8, 4) is 0 Å². The van der Waals surface area contributed by atoms with Gasteiger partial charge in [-0.15, -0.1) is 0 Å². The van der Waals surface area contributed by atoms with Crippen molar-refractivity contribution in [1.82, 2.24) is 15.0 Å². The molecule has 2 aromatic heterocycles. The molecule has 0 saturated carbocycles. The number of hydrogen-bond acceptors (Lipinski definition) is 6. The molecule has 0 aromatic carbocycles. The first-order chi connectivity index (χ1) is 11.2. The topological polar surface area (TPSA) is 80.0 Å². The SMILES string of the molecule is Cc1cc(NCc2ccnc(N3CCCCCC3)c2)nc(N)n1. The van der Waals surface area contributed by atoms with Crippen molar-refractivity contribution in [3.05, 3.63) is 35.7 Å². The van der Waals surface area contributed by atoms with Crippen LogP contribution in [0.5, 0.6) is 0 Å². The molecule has 0 unspecified atom stereocenters. The molecule has 1 aliphatic rings. The van der Waals surface area contributed by atoms with E-state index < -0.39 is 0 Å². The number of hydrogen-bond donors (Lipinski definition) is 2. The van der Waals surface area contributed by atoms with Crippen molar-refractivity contribution in [2.45, 2.75) is 39.2 Å². The molecule has 122 valence electrons. The smallest absolute Gasteiger partial charge is 0.222 e. The van der Waals surface area contributed by atoms with Gasteiger partial charge in [-0.2, -0.15) is 4.98 Å². The third kappa shape index (κ3) is 4.31. The van der Waals surface area contributed by atoms with Gasteiger partial charge in [-0.3, -0.25) is 0 Å². The summed E-state index contributed by atoms with van der Waals surface area (Å²) in [6.45, 7) is 4.81. The molecule has 23 heavy (non-hydrogen) atoms. The fraction of sp³-hybridized carbons (Fsp3) is 0.471. The molecular formula is C17H24N6. The molecule has 1 aliphatic heterocycles. The summed E-state index contributed by atoms with van der Waals surface area (Å²) in [4.78, 5) is 15.2. The van der Waals surface area contributed by atoms with Gasteiger partial charge < -0.3 is 16.0 Å². The van der Waals surface area contributed by atoms with Gasteiger partial charge in [0.15, 0.2) is 0 Å². The van der Waals surface area contributed by atoms with Crippen LogP contribution in [-0.2, 0) is 6.54 Å². The van der Waals surface area contributed by atoms with Gasteiger partial charge in [-0.05, 0) is 37.5 Å². The average molecular weight is 312 g/mol. The third-order valence-electron chi connectivity index (χ3n) is 4.09. The summed E-state index contributed by atoms with van der Waals surface area (Å²) in [5.41, 5.74) is 7.74. The molecule has 0 atom stereocenters. The molecule has 3 rings (SSSR count). The summed E-state index contributed by atoms with van der Waals surface area (Å²) in [5.74, 6) is 2.13. The minimum absolute atomic E-state index is 0.299.